The molecule has 5 nitrogen and oxygen atoms in total. The zero-order valence-corrected chi connectivity index (χ0v) is 9.94. The Morgan fingerprint density at radius 2 is 2.44 bits per heavy atom. The van der Waals surface area contributed by atoms with E-state index in [9.17, 15) is 4.79 Å². The molecule has 5 heteroatoms. The van der Waals surface area contributed by atoms with E-state index in [-0.39, 0.29) is 11.8 Å². The summed E-state index contributed by atoms with van der Waals surface area (Å²) in [5.74, 6) is -0.132. The van der Waals surface area contributed by atoms with E-state index < -0.39 is 0 Å². The van der Waals surface area contributed by atoms with Crippen LogP contribution < -0.4 is 11.1 Å². The molecule has 0 spiro atoms. The Morgan fingerprint density at radius 3 is 2.94 bits per heavy atom. The number of aromatic nitrogens is 2. The van der Waals surface area contributed by atoms with Gasteiger partial charge in [-0.2, -0.15) is 0 Å². The van der Waals surface area contributed by atoms with Crippen LogP contribution in [-0.2, 0) is 18.3 Å². The second-order valence-corrected chi connectivity index (χ2v) is 3.92. The summed E-state index contributed by atoms with van der Waals surface area (Å²) < 4.78 is 1.91. The third kappa shape index (κ3) is 3.34. The molecule has 0 aliphatic carbocycles. The Kier molecular flexibility index (Phi) is 4.98. The summed E-state index contributed by atoms with van der Waals surface area (Å²) in [7, 11) is 1.92. The third-order valence-electron chi connectivity index (χ3n) is 2.58. The van der Waals surface area contributed by atoms with Crippen LogP contribution >= 0.6 is 0 Å². The van der Waals surface area contributed by atoms with Gasteiger partial charge in [0.1, 0.15) is 0 Å². The van der Waals surface area contributed by atoms with E-state index in [0.717, 1.165) is 12.1 Å². The zero-order valence-electron chi connectivity index (χ0n) is 9.94. The lowest BCUT2D eigenvalue weighted by Gasteiger charge is -2.14. The maximum Gasteiger partial charge on any atom is 0.224 e. The summed E-state index contributed by atoms with van der Waals surface area (Å²) in [5, 5.41) is 2.87. The van der Waals surface area contributed by atoms with Crippen LogP contribution in [0.2, 0.25) is 0 Å². The van der Waals surface area contributed by atoms with Crippen LogP contribution in [0.4, 0.5) is 0 Å². The van der Waals surface area contributed by atoms with Crippen LogP contribution in [0.3, 0.4) is 0 Å². The van der Waals surface area contributed by atoms with Gasteiger partial charge in [-0.1, -0.05) is 6.92 Å². The van der Waals surface area contributed by atoms with E-state index in [1.807, 2.05) is 18.5 Å². The number of nitrogens with zero attached hydrogens (tertiary/aromatic N) is 2. The number of amides is 1. The lowest BCUT2D eigenvalue weighted by molar-refractivity contribution is -0.124. The monoisotopic (exact) mass is 224 g/mol. The largest absolute Gasteiger partial charge is 0.356 e. The molecule has 0 aromatic carbocycles. The van der Waals surface area contributed by atoms with Crippen molar-refractivity contribution in [1.29, 1.82) is 0 Å². The molecule has 3 N–H and O–H groups in total. The van der Waals surface area contributed by atoms with Crippen molar-refractivity contribution < 1.29 is 4.79 Å². The lowest BCUT2D eigenvalue weighted by atomic mass is 10.0. The first kappa shape index (κ1) is 12.7. The second kappa shape index (κ2) is 6.27. The van der Waals surface area contributed by atoms with Gasteiger partial charge in [0.05, 0.1) is 12.2 Å². The molecule has 16 heavy (non-hydrogen) atoms. The summed E-state index contributed by atoms with van der Waals surface area (Å²) in [6, 6.07) is 0. The highest BCUT2D eigenvalue weighted by Crippen LogP contribution is 2.06. The van der Waals surface area contributed by atoms with Gasteiger partial charge in [0.2, 0.25) is 5.91 Å². The molecular formula is C11H20N4O. The van der Waals surface area contributed by atoms with Gasteiger partial charge in [0.15, 0.2) is 0 Å². The van der Waals surface area contributed by atoms with E-state index >= 15 is 0 Å². The van der Waals surface area contributed by atoms with Crippen molar-refractivity contribution in [2.24, 2.45) is 18.7 Å². The molecule has 90 valence electrons. The molecule has 1 heterocycles. The Hall–Kier alpha value is -1.36. The van der Waals surface area contributed by atoms with E-state index in [2.05, 4.69) is 10.3 Å². The first-order valence-corrected chi connectivity index (χ1v) is 5.62. The third-order valence-corrected chi connectivity index (χ3v) is 2.58. The fourth-order valence-electron chi connectivity index (χ4n) is 1.51. The van der Waals surface area contributed by atoms with Gasteiger partial charge in [-0.25, -0.2) is 4.98 Å². The lowest BCUT2D eigenvalue weighted by Crippen LogP contribution is -2.36. The number of nitrogens with one attached hydrogen (secondary N) is 1. The smallest absolute Gasteiger partial charge is 0.224 e. The molecule has 1 aromatic rings. The van der Waals surface area contributed by atoms with Crippen molar-refractivity contribution in [2.75, 3.05) is 13.1 Å². The van der Waals surface area contributed by atoms with Gasteiger partial charge in [0, 0.05) is 38.4 Å². The average Bonchev–Trinajstić information content (AvgIpc) is 2.68. The van der Waals surface area contributed by atoms with E-state index in [4.69, 9.17) is 5.73 Å². The maximum atomic E-state index is 11.7. The first-order valence-electron chi connectivity index (χ1n) is 5.62. The fourth-order valence-corrected chi connectivity index (χ4v) is 1.51. The molecule has 1 aromatic heterocycles. The number of hydrogen-bond donors (Lipinski definition) is 2. The summed E-state index contributed by atoms with van der Waals surface area (Å²) in [5.41, 5.74) is 6.65. The topological polar surface area (TPSA) is 72.9 Å². The van der Waals surface area contributed by atoms with Crippen LogP contribution in [0.1, 0.15) is 19.0 Å². The van der Waals surface area contributed by atoms with Gasteiger partial charge in [-0.15, -0.1) is 0 Å². The van der Waals surface area contributed by atoms with Gasteiger partial charge < -0.3 is 15.6 Å². The number of aryl methyl sites for hydroxylation is 1. The van der Waals surface area contributed by atoms with Crippen molar-refractivity contribution >= 4 is 5.91 Å². The minimum atomic E-state index is -0.165. The van der Waals surface area contributed by atoms with Crippen LogP contribution in [0.15, 0.2) is 12.5 Å². The van der Waals surface area contributed by atoms with Crippen molar-refractivity contribution in [2.45, 2.75) is 19.8 Å². The standard InChI is InChI=1S/C11H20N4O/c1-3-4-14-11(16)9(6-12)5-10-7-13-8-15(10)2/h7-9H,3-6,12H2,1-2H3,(H,14,16). The van der Waals surface area contributed by atoms with Crippen molar-refractivity contribution in [3.8, 4) is 0 Å². The van der Waals surface area contributed by atoms with E-state index in [1.165, 1.54) is 0 Å². The van der Waals surface area contributed by atoms with Crippen LogP contribution in [0.5, 0.6) is 0 Å². The zero-order chi connectivity index (χ0) is 12.0. The molecule has 0 bridgehead atoms. The van der Waals surface area contributed by atoms with E-state index in [1.54, 1.807) is 12.5 Å². The molecular weight excluding hydrogens is 204 g/mol. The Bertz CT molecular complexity index is 334. The van der Waals surface area contributed by atoms with Gasteiger partial charge in [-0.05, 0) is 6.42 Å². The van der Waals surface area contributed by atoms with Crippen molar-refractivity contribution in [1.82, 2.24) is 14.9 Å². The fraction of sp³-hybridized carbons (Fsp3) is 0.636. The summed E-state index contributed by atoms with van der Waals surface area (Å²) in [4.78, 5) is 15.8. The second-order valence-electron chi connectivity index (χ2n) is 3.92. The van der Waals surface area contributed by atoms with E-state index in [0.29, 0.717) is 19.5 Å². The number of carbonyl (C=O) groups excluding carboxylic acids is 1. The van der Waals surface area contributed by atoms with Crippen molar-refractivity contribution in [3.63, 3.8) is 0 Å². The highest BCUT2D eigenvalue weighted by atomic mass is 16.1. The number of carbonyl (C=O) groups is 1. The predicted octanol–water partition coefficient (Wildman–Crippen LogP) is 0.0637. The minimum absolute atomic E-state index is 0.0329. The molecule has 1 amide bonds. The molecule has 0 radical (unpaired) electrons. The quantitative estimate of drug-likeness (QED) is 0.718. The predicted molar refractivity (Wildman–Crippen MR) is 62.8 cm³/mol. The summed E-state index contributed by atoms with van der Waals surface area (Å²) in [6.45, 7) is 3.10. The first-order chi connectivity index (χ1) is 7.69. The van der Waals surface area contributed by atoms with Crippen LogP contribution in [0.25, 0.3) is 0 Å². The molecule has 1 atom stereocenters. The highest BCUT2D eigenvalue weighted by Gasteiger charge is 2.17. The highest BCUT2D eigenvalue weighted by molar-refractivity contribution is 5.79. The number of hydrogen-bond acceptors (Lipinski definition) is 3. The molecule has 0 aliphatic rings. The Morgan fingerprint density at radius 1 is 1.69 bits per heavy atom. The number of rotatable bonds is 6. The van der Waals surface area contributed by atoms with Crippen LogP contribution in [0, 0.1) is 5.92 Å². The number of nitrogens with two attached hydrogens (primary N) is 1. The van der Waals surface area contributed by atoms with Gasteiger partial charge >= 0.3 is 0 Å². The molecule has 0 saturated heterocycles. The number of imidazole rings is 1. The Labute approximate surface area is 96.0 Å². The van der Waals surface area contributed by atoms with Crippen LogP contribution in [-0.4, -0.2) is 28.5 Å². The van der Waals surface area contributed by atoms with Crippen molar-refractivity contribution in [3.05, 3.63) is 18.2 Å². The maximum absolute atomic E-state index is 11.7. The molecule has 0 fully saturated rings. The van der Waals surface area contributed by atoms with Gasteiger partial charge in [0.25, 0.3) is 0 Å². The molecule has 0 aliphatic heterocycles. The average molecular weight is 224 g/mol. The SMILES string of the molecule is CCCNC(=O)C(CN)Cc1cncn1C. The molecule has 0 saturated carbocycles. The Balaban J connectivity index is 2.55. The molecule has 1 unspecified atom stereocenters. The normalized spacial score (nSPS) is 12.4. The summed E-state index contributed by atoms with van der Waals surface area (Å²) in [6.07, 6.45) is 5.08. The molecule has 1 rings (SSSR count). The summed E-state index contributed by atoms with van der Waals surface area (Å²) >= 11 is 0. The minimum Gasteiger partial charge on any atom is -0.356 e. The van der Waals surface area contributed by atoms with Gasteiger partial charge in [-0.3, -0.25) is 4.79 Å².